The van der Waals surface area contributed by atoms with Crippen LogP contribution >= 0.6 is 15.9 Å². The van der Waals surface area contributed by atoms with Gasteiger partial charge in [-0.3, -0.25) is 4.79 Å². The zero-order valence-electron chi connectivity index (χ0n) is 17.9. The number of carbonyl (C=O) groups is 1. The zero-order chi connectivity index (χ0) is 22.3. The van der Waals surface area contributed by atoms with Crippen molar-refractivity contribution in [3.63, 3.8) is 0 Å². The third-order valence-corrected chi connectivity index (χ3v) is 6.48. The Hall–Kier alpha value is -2.61. The highest BCUT2D eigenvalue weighted by Crippen LogP contribution is 2.36. The second-order valence-electron chi connectivity index (χ2n) is 7.99. The normalized spacial score (nSPS) is 18.5. The van der Waals surface area contributed by atoms with E-state index in [1.165, 1.54) is 4.68 Å². The minimum Gasteiger partial charge on any atom is -0.497 e. The van der Waals surface area contributed by atoms with Crippen molar-refractivity contribution in [3.05, 3.63) is 52.4 Å². The van der Waals surface area contributed by atoms with Gasteiger partial charge in [0.1, 0.15) is 23.1 Å². The Balaban J connectivity index is 1.51. The first kappa shape index (κ1) is 21.6. The summed E-state index contributed by atoms with van der Waals surface area (Å²) in [6, 6.07) is 11.2. The summed E-state index contributed by atoms with van der Waals surface area (Å²) in [5.74, 6) is 0.864. The number of aryl methyl sites for hydroxylation is 1. The van der Waals surface area contributed by atoms with Crippen molar-refractivity contribution in [2.24, 2.45) is 13.0 Å². The summed E-state index contributed by atoms with van der Waals surface area (Å²) in [6.45, 7) is 4.54. The van der Waals surface area contributed by atoms with Gasteiger partial charge >= 0.3 is 0 Å². The molecular weight excluding hydrogens is 465 g/mol. The van der Waals surface area contributed by atoms with Gasteiger partial charge < -0.3 is 14.4 Å². The van der Waals surface area contributed by atoms with E-state index in [1.54, 1.807) is 26.3 Å². The molecule has 0 saturated carbocycles. The molecule has 3 aromatic rings. The molecule has 6 nitrogen and oxygen atoms in total. The van der Waals surface area contributed by atoms with Crippen LogP contribution in [0, 0.1) is 11.9 Å². The number of benzene rings is 2. The molecule has 8 heteroatoms. The van der Waals surface area contributed by atoms with Crippen LogP contribution in [-0.4, -0.2) is 40.3 Å². The number of aromatic nitrogens is 2. The van der Waals surface area contributed by atoms with Crippen molar-refractivity contribution in [1.29, 1.82) is 0 Å². The molecule has 0 radical (unpaired) electrons. The number of nitrogens with zero attached hydrogens (tertiary/aromatic N) is 3. The maximum absolute atomic E-state index is 14.6. The SMILES string of the molecule is COc1ccc(C(C)N2C[C@H](C(C)Oc3cc(Br)cc4nn(C)c(F)c34)CC2=O)cc1. The average Bonchev–Trinajstić information content (AvgIpc) is 3.27. The number of halogens is 2. The van der Waals surface area contributed by atoms with Gasteiger partial charge in [0, 0.05) is 30.4 Å². The largest absolute Gasteiger partial charge is 0.497 e. The van der Waals surface area contributed by atoms with Gasteiger partial charge in [-0.1, -0.05) is 28.1 Å². The Morgan fingerprint density at radius 1 is 1.23 bits per heavy atom. The fraction of sp³-hybridized carbons (Fsp3) is 0.391. The molecule has 31 heavy (non-hydrogen) atoms. The number of rotatable bonds is 6. The average molecular weight is 490 g/mol. The maximum atomic E-state index is 14.6. The van der Waals surface area contributed by atoms with Crippen LogP contribution in [0.15, 0.2) is 40.9 Å². The molecule has 1 aromatic heterocycles. The van der Waals surface area contributed by atoms with E-state index >= 15 is 0 Å². The second kappa shape index (κ2) is 8.49. The number of ether oxygens (including phenoxy) is 2. The fourth-order valence-electron chi connectivity index (χ4n) is 4.12. The first-order valence-electron chi connectivity index (χ1n) is 10.2. The molecule has 0 bridgehead atoms. The quantitative estimate of drug-likeness (QED) is 0.496. The molecule has 1 aliphatic rings. The number of hydrogen-bond acceptors (Lipinski definition) is 4. The molecule has 1 saturated heterocycles. The van der Waals surface area contributed by atoms with Crippen molar-refractivity contribution >= 4 is 32.7 Å². The monoisotopic (exact) mass is 489 g/mol. The number of likely N-dealkylation sites (tertiary alicyclic amines) is 1. The minimum absolute atomic E-state index is 0.00182. The standard InChI is InChI=1S/C23H25BrFN3O3/c1-13(15-5-7-18(30-4)8-6-15)28-12-16(9-21(28)29)14(2)31-20-11-17(24)10-19-22(20)23(25)27(3)26-19/h5-8,10-11,13-14,16H,9,12H2,1-4H3/t13?,14?,16-/m1/s1. The van der Waals surface area contributed by atoms with E-state index in [0.29, 0.717) is 29.6 Å². The fourth-order valence-corrected chi connectivity index (χ4v) is 4.55. The van der Waals surface area contributed by atoms with Crippen molar-refractivity contribution in [1.82, 2.24) is 14.7 Å². The molecule has 0 N–H and O–H groups in total. The van der Waals surface area contributed by atoms with Gasteiger partial charge in [-0.2, -0.15) is 9.49 Å². The number of carbonyl (C=O) groups excluding carboxylic acids is 1. The lowest BCUT2D eigenvalue weighted by Gasteiger charge is -2.27. The van der Waals surface area contributed by atoms with Crippen LogP contribution in [0.1, 0.15) is 31.9 Å². The molecule has 0 spiro atoms. The number of amides is 1. The maximum Gasteiger partial charge on any atom is 0.223 e. The minimum atomic E-state index is -0.443. The molecule has 0 aliphatic carbocycles. The summed E-state index contributed by atoms with van der Waals surface area (Å²) in [5, 5.41) is 4.54. The predicted octanol–water partition coefficient (Wildman–Crippen LogP) is 4.86. The van der Waals surface area contributed by atoms with E-state index in [4.69, 9.17) is 9.47 Å². The van der Waals surface area contributed by atoms with Crippen LogP contribution in [0.2, 0.25) is 0 Å². The van der Waals surface area contributed by atoms with Crippen LogP contribution in [-0.2, 0) is 11.8 Å². The topological polar surface area (TPSA) is 56.6 Å². The van der Waals surface area contributed by atoms with Crippen LogP contribution in [0.4, 0.5) is 4.39 Å². The van der Waals surface area contributed by atoms with Gasteiger partial charge in [-0.25, -0.2) is 4.68 Å². The molecule has 2 aromatic carbocycles. The summed E-state index contributed by atoms with van der Waals surface area (Å²) in [7, 11) is 3.19. The third-order valence-electron chi connectivity index (χ3n) is 6.03. The summed E-state index contributed by atoms with van der Waals surface area (Å²) < 4.78 is 27.9. The highest BCUT2D eigenvalue weighted by molar-refractivity contribution is 9.10. The van der Waals surface area contributed by atoms with Crippen LogP contribution in [0.25, 0.3) is 10.9 Å². The first-order valence-corrected chi connectivity index (χ1v) is 11.0. The van der Waals surface area contributed by atoms with Gasteiger partial charge in [0.25, 0.3) is 0 Å². The van der Waals surface area contributed by atoms with Crippen molar-refractivity contribution in [3.8, 4) is 11.5 Å². The molecule has 1 aliphatic heterocycles. The molecule has 3 atom stereocenters. The summed E-state index contributed by atoms with van der Waals surface area (Å²) in [4.78, 5) is 14.7. The van der Waals surface area contributed by atoms with Crippen LogP contribution < -0.4 is 9.47 Å². The molecule has 164 valence electrons. The summed E-state index contributed by atoms with van der Waals surface area (Å²) in [6.07, 6.45) is 0.128. The van der Waals surface area contributed by atoms with Gasteiger partial charge in [0.15, 0.2) is 0 Å². The van der Waals surface area contributed by atoms with Gasteiger partial charge in [-0.05, 0) is 43.7 Å². The molecule has 1 amide bonds. The molecule has 2 heterocycles. The zero-order valence-corrected chi connectivity index (χ0v) is 19.5. The number of methoxy groups -OCH3 is 1. The molecule has 2 unspecified atom stereocenters. The Morgan fingerprint density at radius 3 is 2.61 bits per heavy atom. The Morgan fingerprint density at radius 2 is 1.94 bits per heavy atom. The van der Waals surface area contributed by atoms with E-state index < -0.39 is 5.95 Å². The molecule has 4 rings (SSSR count). The van der Waals surface area contributed by atoms with Gasteiger partial charge in [0.2, 0.25) is 11.9 Å². The van der Waals surface area contributed by atoms with Crippen molar-refractivity contribution in [2.75, 3.05) is 13.7 Å². The lowest BCUT2D eigenvalue weighted by molar-refractivity contribution is -0.129. The Labute approximate surface area is 189 Å². The number of fused-ring (bicyclic) bond motifs is 1. The van der Waals surface area contributed by atoms with E-state index in [1.807, 2.05) is 43.0 Å². The lowest BCUT2D eigenvalue weighted by atomic mass is 10.0. The first-order chi connectivity index (χ1) is 14.8. The van der Waals surface area contributed by atoms with E-state index in [2.05, 4.69) is 21.0 Å². The second-order valence-corrected chi connectivity index (χ2v) is 8.91. The van der Waals surface area contributed by atoms with Crippen molar-refractivity contribution < 1.29 is 18.7 Å². The smallest absolute Gasteiger partial charge is 0.223 e. The van der Waals surface area contributed by atoms with Gasteiger partial charge in [0.05, 0.1) is 18.5 Å². The summed E-state index contributed by atoms with van der Waals surface area (Å²) in [5.41, 5.74) is 1.57. The van der Waals surface area contributed by atoms with Gasteiger partial charge in [-0.15, -0.1) is 0 Å². The van der Waals surface area contributed by atoms with E-state index in [9.17, 15) is 9.18 Å². The van der Waals surface area contributed by atoms with E-state index in [-0.39, 0.29) is 24.0 Å². The Bertz CT molecular complexity index is 1120. The van der Waals surface area contributed by atoms with Crippen LogP contribution in [0.5, 0.6) is 11.5 Å². The Kier molecular flexibility index (Phi) is 5.92. The highest BCUT2D eigenvalue weighted by atomic mass is 79.9. The molecular formula is C23H25BrFN3O3. The van der Waals surface area contributed by atoms with Crippen LogP contribution in [0.3, 0.4) is 0 Å². The van der Waals surface area contributed by atoms with E-state index in [0.717, 1.165) is 15.8 Å². The molecule has 1 fully saturated rings. The third kappa shape index (κ3) is 4.13. The number of hydrogen-bond donors (Lipinski definition) is 0. The predicted molar refractivity (Wildman–Crippen MR) is 120 cm³/mol. The highest BCUT2D eigenvalue weighted by Gasteiger charge is 2.37. The lowest BCUT2D eigenvalue weighted by Crippen LogP contribution is -2.31. The summed E-state index contributed by atoms with van der Waals surface area (Å²) >= 11 is 3.44. The van der Waals surface area contributed by atoms with Crippen molar-refractivity contribution in [2.45, 2.75) is 32.4 Å².